The van der Waals surface area contributed by atoms with Crippen LogP contribution in [0.2, 0.25) is 5.02 Å². The number of nitrogens with one attached hydrogen (secondary N) is 1. The van der Waals surface area contributed by atoms with Crippen LogP contribution >= 0.6 is 11.6 Å². The van der Waals surface area contributed by atoms with Gasteiger partial charge in [-0.3, -0.25) is 9.69 Å². The zero-order valence-electron chi connectivity index (χ0n) is 11.6. The number of imidazole rings is 1. The molecule has 0 saturated carbocycles. The van der Waals surface area contributed by atoms with Gasteiger partial charge in [0.1, 0.15) is 5.65 Å². The molecule has 2 aromatic heterocycles. The molecule has 2 aliphatic rings. The van der Waals surface area contributed by atoms with Gasteiger partial charge >= 0.3 is 0 Å². The van der Waals surface area contributed by atoms with Gasteiger partial charge in [-0.1, -0.05) is 11.6 Å². The van der Waals surface area contributed by atoms with Crippen molar-refractivity contribution in [2.75, 3.05) is 13.1 Å². The molecule has 2 fully saturated rings. The summed E-state index contributed by atoms with van der Waals surface area (Å²) in [6.07, 6.45) is 8.68. The van der Waals surface area contributed by atoms with Gasteiger partial charge in [0, 0.05) is 37.2 Å². The number of rotatable bonds is 2. The predicted octanol–water partition coefficient (Wildman–Crippen LogP) is 1.95. The third-order valence-electron chi connectivity index (χ3n) is 4.62. The zero-order valence-corrected chi connectivity index (χ0v) is 12.4. The van der Waals surface area contributed by atoms with Gasteiger partial charge in [0.2, 0.25) is 0 Å². The second-order valence-corrected chi connectivity index (χ2v) is 6.28. The Morgan fingerprint density at radius 1 is 1.38 bits per heavy atom. The van der Waals surface area contributed by atoms with Crippen LogP contribution in [0.5, 0.6) is 0 Å². The summed E-state index contributed by atoms with van der Waals surface area (Å²) in [6, 6.07) is 2.44. The lowest BCUT2D eigenvalue weighted by Gasteiger charge is -2.21. The van der Waals surface area contributed by atoms with E-state index in [4.69, 9.17) is 11.6 Å². The lowest BCUT2D eigenvalue weighted by atomic mass is 10.1. The number of pyridine rings is 1. The van der Waals surface area contributed by atoms with Crippen LogP contribution in [0.3, 0.4) is 0 Å². The van der Waals surface area contributed by atoms with E-state index in [2.05, 4.69) is 15.2 Å². The van der Waals surface area contributed by atoms with E-state index in [1.807, 2.05) is 0 Å². The number of aromatic nitrogens is 2. The molecule has 2 aromatic rings. The van der Waals surface area contributed by atoms with Gasteiger partial charge in [-0.05, 0) is 31.9 Å². The van der Waals surface area contributed by atoms with Crippen molar-refractivity contribution < 1.29 is 4.79 Å². The highest BCUT2D eigenvalue weighted by atomic mass is 35.5. The summed E-state index contributed by atoms with van der Waals surface area (Å²) in [7, 11) is 0. The fourth-order valence-electron chi connectivity index (χ4n) is 3.66. The van der Waals surface area contributed by atoms with Crippen LogP contribution in [0.4, 0.5) is 0 Å². The minimum Gasteiger partial charge on any atom is -0.348 e. The molecule has 1 N–H and O–H groups in total. The fraction of sp³-hybridized carbons (Fsp3) is 0.467. The number of nitrogens with zero attached hydrogens (tertiary/aromatic N) is 3. The number of hydrogen-bond donors (Lipinski definition) is 1. The Morgan fingerprint density at radius 2 is 2.29 bits per heavy atom. The summed E-state index contributed by atoms with van der Waals surface area (Å²) in [5, 5.41) is 3.72. The largest absolute Gasteiger partial charge is 0.348 e. The van der Waals surface area contributed by atoms with Crippen molar-refractivity contribution in [3.05, 3.63) is 35.2 Å². The molecule has 110 valence electrons. The Kier molecular flexibility index (Phi) is 3.12. The van der Waals surface area contributed by atoms with Crippen LogP contribution < -0.4 is 5.32 Å². The molecule has 4 rings (SSSR count). The summed E-state index contributed by atoms with van der Waals surface area (Å²) < 4.78 is 1.79. The van der Waals surface area contributed by atoms with E-state index in [-0.39, 0.29) is 11.9 Å². The quantitative estimate of drug-likeness (QED) is 0.922. The average Bonchev–Trinajstić information content (AvgIpc) is 3.14. The number of hydrogen-bond acceptors (Lipinski definition) is 3. The molecule has 6 heteroatoms. The van der Waals surface area contributed by atoms with Gasteiger partial charge in [0.05, 0.1) is 10.6 Å². The Labute approximate surface area is 127 Å². The maximum atomic E-state index is 12.6. The molecule has 2 saturated heterocycles. The Hall–Kier alpha value is -1.59. The molecule has 0 radical (unpaired) electrons. The standard InChI is InChI=1S/C15H17ClN4O/c16-10-8-11(14-17-4-7-20(14)9-10)15(21)18-12-3-6-19-5-1-2-13(12)19/h4,7-9,12-13H,1-3,5-6H2,(H,18,21)/t12-,13?/m1/s1. The van der Waals surface area contributed by atoms with E-state index >= 15 is 0 Å². The third-order valence-corrected chi connectivity index (χ3v) is 4.83. The molecule has 5 nitrogen and oxygen atoms in total. The normalized spacial score (nSPS) is 25.4. The van der Waals surface area contributed by atoms with E-state index in [1.54, 1.807) is 29.1 Å². The molecule has 0 bridgehead atoms. The van der Waals surface area contributed by atoms with Crippen molar-refractivity contribution in [3.63, 3.8) is 0 Å². The Morgan fingerprint density at radius 3 is 3.19 bits per heavy atom. The summed E-state index contributed by atoms with van der Waals surface area (Å²) in [4.78, 5) is 19.3. The molecular weight excluding hydrogens is 288 g/mol. The molecule has 1 unspecified atom stereocenters. The van der Waals surface area contributed by atoms with Crippen molar-refractivity contribution >= 4 is 23.2 Å². The van der Waals surface area contributed by atoms with Crippen LogP contribution in [0.1, 0.15) is 29.6 Å². The van der Waals surface area contributed by atoms with Crippen LogP contribution in [0.25, 0.3) is 5.65 Å². The minimum absolute atomic E-state index is 0.0764. The third kappa shape index (κ3) is 2.21. The van der Waals surface area contributed by atoms with Crippen molar-refractivity contribution in [2.45, 2.75) is 31.3 Å². The van der Waals surface area contributed by atoms with Gasteiger partial charge in [0.15, 0.2) is 0 Å². The first kappa shape index (κ1) is 13.1. The lowest BCUT2D eigenvalue weighted by molar-refractivity contribution is 0.0930. The molecule has 1 amide bonds. The molecular formula is C15H17ClN4O. The van der Waals surface area contributed by atoms with Crippen LogP contribution in [-0.2, 0) is 0 Å². The van der Waals surface area contributed by atoms with Crippen molar-refractivity contribution in [2.24, 2.45) is 0 Å². The molecule has 2 atom stereocenters. The number of carbonyl (C=O) groups is 1. The van der Waals surface area contributed by atoms with Crippen molar-refractivity contribution in [1.82, 2.24) is 19.6 Å². The first-order valence-corrected chi connectivity index (χ1v) is 7.77. The SMILES string of the molecule is O=C(N[C@@H]1CCN2CCCC12)c1cc(Cl)cn2ccnc12. The van der Waals surface area contributed by atoms with Crippen molar-refractivity contribution in [3.8, 4) is 0 Å². The van der Waals surface area contributed by atoms with Gasteiger partial charge in [-0.15, -0.1) is 0 Å². The van der Waals surface area contributed by atoms with Crippen molar-refractivity contribution in [1.29, 1.82) is 0 Å². The first-order chi connectivity index (χ1) is 10.2. The van der Waals surface area contributed by atoms with E-state index in [0.717, 1.165) is 13.0 Å². The smallest absolute Gasteiger partial charge is 0.255 e. The second-order valence-electron chi connectivity index (χ2n) is 5.84. The van der Waals surface area contributed by atoms with Gasteiger partial charge in [0.25, 0.3) is 5.91 Å². The average molecular weight is 305 g/mol. The van der Waals surface area contributed by atoms with Gasteiger partial charge in [-0.25, -0.2) is 4.98 Å². The Bertz CT molecular complexity index is 698. The van der Waals surface area contributed by atoms with E-state index in [0.29, 0.717) is 22.3 Å². The van der Waals surface area contributed by atoms with E-state index in [9.17, 15) is 4.79 Å². The first-order valence-electron chi connectivity index (χ1n) is 7.39. The van der Waals surface area contributed by atoms with Crippen LogP contribution in [0, 0.1) is 0 Å². The van der Waals surface area contributed by atoms with E-state index in [1.165, 1.54) is 19.4 Å². The summed E-state index contributed by atoms with van der Waals surface area (Å²) >= 11 is 6.09. The number of carbonyl (C=O) groups excluding carboxylic acids is 1. The summed E-state index contributed by atoms with van der Waals surface area (Å²) in [6.45, 7) is 2.25. The van der Waals surface area contributed by atoms with Crippen LogP contribution in [-0.4, -0.2) is 45.4 Å². The Balaban J connectivity index is 1.60. The van der Waals surface area contributed by atoms with Crippen LogP contribution in [0.15, 0.2) is 24.7 Å². The maximum absolute atomic E-state index is 12.6. The summed E-state index contributed by atoms with van der Waals surface area (Å²) in [5.74, 6) is -0.0764. The topological polar surface area (TPSA) is 49.6 Å². The molecule has 0 aliphatic carbocycles. The van der Waals surface area contributed by atoms with Gasteiger partial charge in [-0.2, -0.15) is 0 Å². The minimum atomic E-state index is -0.0764. The highest BCUT2D eigenvalue weighted by Gasteiger charge is 2.38. The number of fused-ring (bicyclic) bond motifs is 2. The maximum Gasteiger partial charge on any atom is 0.255 e. The van der Waals surface area contributed by atoms with Gasteiger partial charge < -0.3 is 9.72 Å². The lowest BCUT2D eigenvalue weighted by Crippen LogP contribution is -2.42. The number of halogens is 1. The predicted molar refractivity (Wildman–Crippen MR) is 80.7 cm³/mol. The molecule has 4 heterocycles. The fourth-order valence-corrected chi connectivity index (χ4v) is 3.88. The summed E-state index contributed by atoms with van der Waals surface area (Å²) in [5.41, 5.74) is 1.20. The molecule has 0 aromatic carbocycles. The highest BCUT2D eigenvalue weighted by Crippen LogP contribution is 2.28. The zero-order chi connectivity index (χ0) is 14.4. The van der Waals surface area contributed by atoms with E-state index < -0.39 is 0 Å². The number of amides is 1. The second kappa shape index (κ2) is 5.00. The molecule has 0 spiro atoms. The molecule has 21 heavy (non-hydrogen) atoms. The monoisotopic (exact) mass is 304 g/mol. The highest BCUT2D eigenvalue weighted by molar-refractivity contribution is 6.31. The molecule has 2 aliphatic heterocycles.